The van der Waals surface area contributed by atoms with Crippen LogP contribution in [0.5, 0.6) is 0 Å². The molecule has 0 aliphatic heterocycles. The summed E-state index contributed by atoms with van der Waals surface area (Å²) in [6.07, 6.45) is 0.190. The Morgan fingerprint density at radius 3 is 2.83 bits per heavy atom. The lowest BCUT2D eigenvalue weighted by atomic mass is 10.1. The first-order valence-electron chi connectivity index (χ1n) is 3.76. The first-order valence-corrected chi connectivity index (χ1v) is 5.44. The number of rotatable bonds is 3. The molecule has 0 bridgehead atoms. The van der Waals surface area contributed by atoms with E-state index in [2.05, 4.69) is 15.9 Å². The fraction of sp³-hybridized carbons (Fsp3) is 0.500. The van der Waals surface area contributed by atoms with Crippen LogP contribution in [-0.2, 0) is 6.42 Å². The molecule has 68 valence electrons. The van der Waals surface area contributed by atoms with Crippen LogP contribution in [0.1, 0.15) is 11.8 Å². The minimum Gasteiger partial charge on any atom is -0.391 e. The van der Waals surface area contributed by atoms with Crippen molar-refractivity contribution in [2.24, 2.45) is 5.73 Å². The van der Waals surface area contributed by atoms with Crippen LogP contribution in [0.3, 0.4) is 0 Å². The van der Waals surface area contributed by atoms with Gasteiger partial charge in [0.25, 0.3) is 0 Å². The molecule has 1 heterocycles. The highest BCUT2D eigenvalue weighted by molar-refractivity contribution is 9.10. The molecule has 0 radical (unpaired) electrons. The molecule has 0 saturated carbocycles. The Morgan fingerprint density at radius 2 is 2.42 bits per heavy atom. The number of halogens is 1. The number of hydrogen-bond acceptors (Lipinski definition) is 3. The standard InChI is InChI=1S/C8H12BrNOS/c1-5(10)7(11)4-8-6(9)2-3-12-8/h2-3,5,7,11H,4,10H2,1H3/t5-,7?/m1/s1. The second kappa shape index (κ2) is 4.37. The van der Waals surface area contributed by atoms with E-state index in [-0.39, 0.29) is 6.04 Å². The molecule has 4 heteroatoms. The van der Waals surface area contributed by atoms with E-state index in [9.17, 15) is 5.11 Å². The molecule has 0 saturated heterocycles. The van der Waals surface area contributed by atoms with Crippen LogP contribution in [0.25, 0.3) is 0 Å². The highest BCUT2D eigenvalue weighted by Crippen LogP contribution is 2.24. The minimum atomic E-state index is -0.444. The number of nitrogens with two attached hydrogens (primary N) is 1. The third-order valence-electron chi connectivity index (χ3n) is 1.69. The fourth-order valence-electron chi connectivity index (χ4n) is 0.847. The lowest BCUT2D eigenvalue weighted by Crippen LogP contribution is -2.32. The number of aliphatic hydroxyl groups excluding tert-OH is 1. The Kier molecular flexibility index (Phi) is 3.71. The summed E-state index contributed by atoms with van der Waals surface area (Å²) in [5.41, 5.74) is 5.54. The fourth-order valence-corrected chi connectivity index (χ4v) is 2.41. The zero-order chi connectivity index (χ0) is 9.14. The highest BCUT2D eigenvalue weighted by Gasteiger charge is 2.12. The Balaban J connectivity index is 2.58. The first-order chi connectivity index (χ1) is 5.61. The van der Waals surface area contributed by atoms with E-state index < -0.39 is 6.10 Å². The van der Waals surface area contributed by atoms with Crippen molar-refractivity contribution in [1.29, 1.82) is 0 Å². The van der Waals surface area contributed by atoms with Crippen molar-refractivity contribution in [3.63, 3.8) is 0 Å². The predicted molar refractivity (Wildman–Crippen MR) is 55.4 cm³/mol. The second-order valence-corrected chi connectivity index (χ2v) is 4.68. The van der Waals surface area contributed by atoms with Gasteiger partial charge in [-0.15, -0.1) is 11.3 Å². The molecule has 0 aromatic carbocycles. The van der Waals surface area contributed by atoms with Crippen molar-refractivity contribution in [2.45, 2.75) is 25.5 Å². The van der Waals surface area contributed by atoms with E-state index in [1.54, 1.807) is 11.3 Å². The maximum absolute atomic E-state index is 9.48. The third kappa shape index (κ3) is 2.55. The quantitative estimate of drug-likeness (QED) is 0.858. The van der Waals surface area contributed by atoms with Gasteiger partial charge in [-0.05, 0) is 34.3 Å². The maximum atomic E-state index is 9.48. The van der Waals surface area contributed by atoms with Gasteiger partial charge in [-0.2, -0.15) is 0 Å². The summed E-state index contributed by atoms with van der Waals surface area (Å²) in [6.45, 7) is 1.81. The van der Waals surface area contributed by atoms with Gasteiger partial charge in [0.15, 0.2) is 0 Å². The molecule has 2 atom stereocenters. The average Bonchev–Trinajstić information content (AvgIpc) is 2.36. The van der Waals surface area contributed by atoms with Crippen LogP contribution >= 0.6 is 27.3 Å². The van der Waals surface area contributed by atoms with Crippen LogP contribution in [0, 0.1) is 0 Å². The molecule has 0 aliphatic rings. The zero-order valence-electron chi connectivity index (χ0n) is 6.83. The van der Waals surface area contributed by atoms with Gasteiger partial charge in [0, 0.05) is 21.8 Å². The van der Waals surface area contributed by atoms with Gasteiger partial charge in [-0.3, -0.25) is 0 Å². The third-order valence-corrected chi connectivity index (χ3v) is 3.64. The molecule has 0 aliphatic carbocycles. The monoisotopic (exact) mass is 249 g/mol. The van der Waals surface area contributed by atoms with Gasteiger partial charge in [0.05, 0.1) is 6.10 Å². The highest BCUT2D eigenvalue weighted by atomic mass is 79.9. The van der Waals surface area contributed by atoms with Crippen molar-refractivity contribution in [3.8, 4) is 0 Å². The molecule has 0 fully saturated rings. The summed E-state index contributed by atoms with van der Waals surface area (Å²) in [5.74, 6) is 0. The van der Waals surface area contributed by atoms with Crippen molar-refractivity contribution in [1.82, 2.24) is 0 Å². The topological polar surface area (TPSA) is 46.2 Å². The van der Waals surface area contributed by atoms with Gasteiger partial charge < -0.3 is 10.8 Å². The van der Waals surface area contributed by atoms with Crippen molar-refractivity contribution < 1.29 is 5.11 Å². The smallest absolute Gasteiger partial charge is 0.0736 e. The van der Waals surface area contributed by atoms with Crippen molar-refractivity contribution in [2.75, 3.05) is 0 Å². The molecular weight excluding hydrogens is 238 g/mol. The number of hydrogen-bond donors (Lipinski definition) is 2. The van der Waals surface area contributed by atoms with Crippen LogP contribution in [0.15, 0.2) is 15.9 Å². The molecule has 12 heavy (non-hydrogen) atoms. The van der Waals surface area contributed by atoms with Crippen LogP contribution in [0.4, 0.5) is 0 Å². The predicted octanol–water partition coefficient (Wildman–Crippen LogP) is 1.76. The molecule has 1 aromatic heterocycles. The Bertz CT molecular complexity index is 249. The Morgan fingerprint density at radius 1 is 1.75 bits per heavy atom. The van der Waals surface area contributed by atoms with Gasteiger partial charge >= 0.3 is 0 Å². The SMILES string of the molecule is C[C@@H](N)C(O)Cc1sccc1Br. The Labute approximate surface area is 84.5 Å². The van der Waals surface area contributed by atoms with E-state index in [1.165, 1.54) is 0 Å². The van der Waals surface area contributed by atoms with Crippen LogP contribution < -0.4 is 5.73 Å². The summed E-state index contributed by atoms with van der Waals surface area (Å²) >= 11 is 5.04. The van der Waals surface area contributed by atoms with Crippen molar-refractivity contribution >= 4 is 27.3 Å². The van der Waals surface area contributed by atoms with Gasteiger partial charge in [0.2, 0.25) is 0 Å². The van der Waals surface area contributed by atoms with Gasteiger partial charge in [-0.25, -0.2) is 0 Å². The Hall–Kier alpha value is 0.100. The molecule has 0 spiro atoms. The lowest BCUT2D eigenvalue weighted by Gasteiger charge is -2.13. The van der Waals surface area contributed by atoms with Gasteiger partial charge in [0.1, 0.15) is 0 Å². The number of aliphatic hydroxyl groups is 1. The maximum Gasteiger partial charge on any atom is 0.0736 e. The molecule has 1 unspecified atom stereocenters. The molecule has 1 rings (SSSR count). The van der Waals surface area contributed by atoms with E-state index in [4.69, 9.17) is 5.73 Å². The summed E-state index contributed by atoms with van der Waals surface area (Å²) in [7, 11) is 0. The molecule has 1 aromatic rings. The van der Waals surface area contributed by atoms with Gasteiger partial charge in [-0.1, -0.05) is 0 Å². The molecule has 3 N–H and O–H groups in total. The van der Waals surface area contributed by atoms with E-state index >= 15 is 0 Å². The van der Waals surface area contributed by atoms with Crippen LogP contribution in [-0.4, -0.2) is 17.3 Å². The summed E-state index contributed by atoms with van der Waals surface area (Å²) in [4.78, 5) is 1.15. The average molecular weight is 250 g/mol. The van der Waals surface area contributed by atoms with E-state index in [0.717, 1.165) is 9.35 Å². The van der Waals surface area contributed by atoms with Crippen molar-refractivity contribution in [3.05, 3.63) is 20.8 Å². The van der Waals surface area contributed by atoms with Crippen LogP contribution in [0.2, 0.25) is 0 Å². The van der Waals surface area contributed by atoms with E-state index in [0.29, 0.717) is 6.42 Å². The minimum absolute atomic E-state index is 0.168. The van der Waals surface area contributed by atoms with E-state index in [1.807, 2.05) is 18.4 Å². The molecule has 2 nitrogen and oxygen atoms in total. The first kappa shape index (κ1) is 10.2. The molecule has 0 amide bonds. The summed E-state index contributed by atoms with van der Waals surface area (Å²) in [6, 6.07) is 1.81. The second-order valence-electron chi connectivity index (χ2n) is 2.82. The normalized spacial score (nSPS) is 16.0. The lowest BCUT2D eigenvalue weighted by molar-refractivity contribution is 0.152. The zero-order valence-corrected chi connectivity index (χ0v) is 9.23. The largest absolute Gasteiger partial charge is 0.391 e. The summed E-state index contributed by atoms with van der Waals surface area (Å²) in [5, 5.41) is 11.5. The summed E-state index contributed by atoms with van der Waals surface area (Å²) < 4.78 is 1.06. The number of thiophene rings is 1. The molecular formula is C8H12BrNOS.